The van der Waals surface area contributed by atoms with Gasteiger partial charge in [0.25, 0.3) is 11.8 Å². The van der Waals surface area contributed by atoms with Crippen molar-refractivity contribution in [3.05, 3.63) is 34.9 Å². The minimum atomic E-state index is -0.865. The molecule has 1 atom stereocenters. The van der Waals surface area contributed by atoms with Crippen LogP contribution >= 0.6 is 11.6 Å². The zero-order chi connectivity index (χ0) is 22.2. The summed E-state index contributed by atoms with van der Waals surface area (Å²) in [5.74, 6) is 0.647. The highest BCUT2D eigenvalue weighted by Gasteiger charge is 2.51. The number of esters is 1. The van der Waals surface area contributed by atoms with Gasteiger partial charge in [-0.05, 0) is 74.3 Å². The summed E-state index contributed by atoms with van der Waals surface area (Å²) in [5.41, 5.74) is 0.177. The molecule has 0 aromatic heterocycles. The zero-order valence-corrected chi connectivity index (χ0v) is 18.9. The smallest absolute Gasteiger partial charge is 0.329 e. The van der Waals surface area contributed by atoms with Crippen molar-refractivity contribution < 1.29 is 19.1 Å². The molecule has 2 amide bonds. The van der Waals surface area contributed by atoms with Crippen molar-refractivity contribution in [1.82, 2.24) is 10.6 Å². The van der Waals surface area contributed by atoms with Gasteiger partial charge < -0.3 is 15.4 Å². The maximum atomic E-state index is 12.7. The molecule has 2 N–H and O–H groups in total. The number of rotatable bonds is 7. The van der Waals surface area contributed by atoms with Gasteiger partial charge in [0.1, 0.15) is 6.04 Å². The van der Waals surface area contributed by atoms with Gasteiger partial charge in [-0.2, -0.15) is 0 Å². The van der Waals surface area contributed by atoms with E-state index in [1.165, 1.54) is 19.3 Å². The molecule has 0 aliphatic heterocycles. The first kappa shape index (κ1) is 22.1. The average Bonchev–Trinajstić information content (AvgIpc) is 2.68. The van der Waals surface area contributed by atoms with Crippen LogP contribution in [0, 0.1) is 23.7 Å². The van der Waals surface area contributed by atoms with Gasteiger partial charge in [-0.1, -0.05) is 37.6 Å². The number of halogens is 1. The van der Waals surface area contributed by atoms with Crippen molar-refractivity contribution in [3.8, 4) is 0 Å². The van der Waals surface area contributed by atoms with Gasteiger partial charge in [0.05, 0.1) is 10.6 Å². The zero-order valence-electron chi connectivity index (χ0n) is 18.2. The highest BCUT2D eigenvalue weighted by molar-refractivity contribution is 6.33. The molecule has 4 aliphatic carbocycles. The van der Waals surface area contributed by atoms with E-state index in [0.29, 0.717) is 10.6 Å². The van der Waals surface area contributed by atoms with E-state index in [2.05, 4.69) is 10.6 Å². The van der Waals surface area contributed by atoms with Crippen LogP contribution in [0.1, 0.15) is 62.7 Å². The van der Waals surface area contributed by atoms with Crippen molar-refractivity contribution in [2.45, 2.75) is 64.0 Å². The fraction of sp³-hybridized carbons (Fsp3) is 0.625. The predicted octanol–water partition coefficient (Wildman–Crippen LogP) is 3.72. The Morgan fingerprint density at radius 2 is 1.65 bits per heavy atom. The molecule has 4 bridgehead atoms. The number of nitrogens with one attached hydrogen (secondary N) is 2. The van der Waals surface area contributed by atoms with Crippen LogP contribution in [0.15, 0.2) is 24.3 Å². The Kier molecular flexibility index (Phi) is 6.29. The summed E-state index contributed by atoms with van der Waals surface area (Å²) in [7, 11) is 0. The number of benzene rings is 1. The molecule has 0 unspecified atom stereocenters. The largest absolute Gasteiger partial charge is 0.454 e. The first-order valence-corrected chi connectivity index (χ1v) is 11.7. The highest BCUT2D eigenvalue weighted by atomic mass is 35.5. The number of amides is 2. The molecule has 0 heterocycles. The van der Waals surface area contributed by atoms with Crippen molar-refractivity contribution in [2.24, 2.45) is 23.7 Å². The molecule has 7 heteroatoms. The van der Waals surface area contributed by atoms with Crippen LogP contribution in [0.4, 0.5) is 0 Å². The lowest BCUT2D eigenvalue weighted by Crippen LogP contribution is -2.60. The lowest BCUT2D eigenvalue weighted by atomic mass is 9.53. The Balaban J connectivity index is 1.31. The van der Waals surface area contributed by atoms with E-state index < -0.39 is 17.9 Å². The maximum absolute atomic E-state index is 12.7. The molecule has 31 heavy (non-hydrogen) atoms. The van der Waals surface area contributed by atoms with Crippen LogP contribution in [0.2, 0.25) is 5.02 Å². The normalized spacial score (nSPS) is 29.5. The highest BCUT2D eigenvalue weighted by Crippen LogP contribution is 2.55. The monoisotopic (exact) mass is 446 g/mol. The minimum absolute atomic E-state index is 0.117. The van der Waals surface area contributed by atoms with Gasteiger partial charge in [-0.3, -0.25) is 9.59 Å². The molecule has 1 aromatic rings. The summed E-state index contributed by atoms with van der Waals surface area (Å²) in [6.07, 6.45) is 7.02. The third kappa shape index (κ3) is 4.89. The summed E-state index contributed by atoms with van der Waals surface area (Å²) >= 11 is 6.08. The molecule has 0 spiro atoms. The van der Waals surface area contributed by atoms with Crippen LogP contribution in [-0.2, 0) is 14.3 Å². The first-order valence-electron chi connectivity index (χ1n) is 11.3. The summed E-state index contributed by atoms with van der Waals surface area (Å²) in [6.45, 7) is 3.30. The molecule has 168 valence electrons. The Hall–Kier alpha value is -2.08. The van der Waals surface area contributed by atoms with Gasteiger partial charge in [0.15, 0.2) is 6.61 Å². The van der Waals surface area contributed by atoms with E-state index in [4.69, 9.17) is 16.3 Å². The second-order valence-electron chi connectivity index (χ2n) is 10.0. The first-order chi connectivity index (χ1) is 14.7. The molecule has 0 radical (unpaired) electrons. The standard InChI is InChI=1S/C24H31ClN2O4/c1-14(2)21(26-22(29)18-5-3-4-6-19(18)25)23(30)31-13-20(28)27-24-10-15-7-16(11-24)9-17(8-15)12-24/h3-6,14-17,21H,7-13H2,1-2H3,(H,26,29)(H,27,28)/t15?,16?,17?,21-,24?/m1/s1. The number of ether oxygens (including phenoxy) is 1. The second kappa shape index (κ2) is 8.81. The second-order valence-corrected chi connectivity index (χ2v) is 10.4. The van der Waals surface area contributed by atoms with Gasteiger partial charge in [0.2, 0.25) is 0 Å². The number of carbonyl (C=O) groups excluding carboxylic acids is 3. The third-order valence-corrected chi connectivity index (χ3v) is 7.44. The summed E-state index contributed by atoms with van der Waals surface area (Å²) in [5, 5.41) is 6.21. The average molecular weight is 447 g/mol. The Bertz CT molecular complexity index is 834. The molecule has 6 nitrogen and oxygen atoms in total. The molecule has 4 saturated carbocycles. The number of carbonyl (C=O) groups is 3. The van der Waals surface area contributed by atoms with E-state index in [-0.39, 0.29) is 24.0 Å². The molecule has 4 fully saturated rings. The Morgan fingerprint density at radius 3 is 2.19 bits per heavy atom. The summed E-state index contributed by atoms with van der Waals surface area (Å²) in [6, 6.07) is 5.79. The molecule has 0 saturated heterocycles. The number of hydrogen-bond donors (Lipinski definition) is 2. The van der Waals surface area contributed by atoms with E-state index in [9.17, 15) is 14.4 Å². The van der Waals surface area contributed by atoms with Crippen LogP contribution < -0.4 is 10.6 Å². The van der Waals surface area contributed by atoms with Gasteiger partial charge in [-0.15, -0.1) is 0 Å². The molecular formula is C24H31ClN2O4. The van der Waals surface area contributed by atoms with Crippen molar-refractivity contribution >= 4 is 29.4 Å². The van der Waals surface area contributed by atoms with Crippen molar-refractivity contribution in [1.29, 1.82) is 0 Å². The molecule has 4 aliphatic rings. The molecular weight excluding hydrogens is 416 g/mol. The van der Waals surface area contributed by atoms with E-state index in [1.807, 2.05) is 13.8 Å². The van der Waals surface area contributed by atoms with Crippen LogP contribution in [0.25, 0.3) is 0 Å². The number of hydrogen-bond acceptors (Lipinski definition) is 4. The fourth-order valence-corrected chi connectivity index (χ4v) is 6.41. The lowest BCUT2D eigenvalue weighted by molar-refractivity contribution is -0.152. The van der Waals surface area contributed by atoms with Crippen LogP contribution in [-0.4, -0.2) is 36.0 Å². The Morgan fingerprint density at radius 1 is 1.06 bits per heavy atom. The summed E-state index contributed by atoms with van der Waals surface area (Å²) in [4.78, 5) is 37.8. The topological polar surface area (TPSA) is 84.5 Å². The van der Waals surface area contributed by atoms with E-state index >= 15 is 0 Å². The van der Waals surface area contributed by atoms with Gasteiger partial charge in [0, 0.05) is 5.54 Å². The van der Waals surface area contributed by atoms with Crippen molar-refractivity contribution in [2.75, 3.05) is 6.61 Å². The van der Waals surface area contributed by atoms with Gasteiger partial charge in [-0.25, -0.2) is 4.79 Å². The molecule has 5 rings (SSSR count). The fourth-order valence-electron chi connectivity index (χ4n) is 6.18. The predicted molar refractivity (Wildman–Crippen MR) is 118 cm³/mol. The van der Waals surface area contributed by atoms with Crippen LogP contribution in [0.3, 0.4) is 0 Å². The van der Waals surface area contributed by atoms with Gasteiger partial charge >= 0.3 is 5.97 Å². The SMILES string of the molecule is CC(C)[C@@H](NC(=O)c1ccccc1Cl)C(=O)OCC(=O)NC12CC3CC(CC(C3)C1)C2. The Labute approximate surface area is 188 Å². The quantitative estimate of drug-likeness (QED) is 0.625. The van der Waals surface area contributed by atoms with Crippen LogP contribution in [0.5, 0.6) is 0 Å². The lowest BCUT2D eigenvalue weighted by Gasteiger charge is -2.56. The van der Waals surface area contributed by atoms with E-state index in [0.717, 1.165) is 37.0 Å². The summed E-state index contributed by atoms with van der Waals surface area (Å²) < 4.78 is 5.31. The van der Waals surface area contributed by atoms with Crippen molar-refractivity contribution in [3.63, 3.8) is 0 Å². The molecule has 1 aromatic carbocycles. The maximum Gasteiger partial charge on any atom is 0.329 e. The minimum Gasteiger partial charge on any atom is -0.454 e. The third-order valence-electron chi connectivity index (χ3n) is 7.11. The van der Waals surface area contributed by atoms with E-state index in [1.54, 1.807) is 24.3 Å².